The lowest BCUT2D eigenvalue weighted by Gasteiger charge is -2.21. The van der Waals surface area contributed by atoms with Crippen LogP contribution in [0, 0.1) is 0 Å². The Morgan fingerprint density at radius 3 is 3.00 bits per heavy atom. The lowest BCUT2D eigenvalue weighted by Crippen LogP contribution is -2.30. The standard InChI is InChI=1S/C12H20N2O2S2/c1-9(13-2)11-8-17-12(14-11)7-10-5-3-4-6-18(10,15)16/h8-10,13H,3-7H2,1-2H3. The van der Waals surface area contributed by atoms with Crippen molar-refractivity contribution in [1.82, 2.24) is 10.3 Å². The number of nitrogens with zero attached hydrogens (tertiary/aromatic N) is 1. The smallest absolute Gasteiger partial charge is 0.153 e. The molecule has 2 rings (SSSR count). The van der Waals surface area contributed by atoms with E-state index >= 15 is 0 Å². The minimum Gasteiger partial charge on any atom is -0.312 e. The second-order valence-corrected chi connectivity index (χ2v) is 8.21. The Morgan fingerprint density at radius 2 is 2.33 bits per heavy atom. The van der Waals surface area contributed by atoms with Crippen LogP contribution in [0.3, 0.4) is 0 Å². The summed E-state index contributed by atoms with van der Waals surface area (Å²) in [6.07, 6.45) is 3.22. The predicted molar refractivity (Wildman–Crippen MR) is 74.7 cm³/mol. The summed E-state index contributed by atoms with van der Waals surface area (Å²) < 4.78 is 23.9. The van der Waals surface area contributed by atoms with Gasteiger partial charge in [0.05, 0.1) is 21.7 Å². The highest BCUT2D eigenvalue weighted by Crippen LogP contribution is 2.25. The van der Waals surface area contributed by atoms with E-state index in [0.29, 0.717) is 12.2 Å². The molecule has 0 radical (unpaired) electrons. The first-order chi connectivity index (χ1) is 8.53. The van der Waals surface area contributed by atoms with Crippen LogP contribution in [-0.4, -0.2) is 31.5 Å². The lowest BCUT2D eigenvalue weighted by molar-refractivity contribution is 0.537. The largest absolute Gasteiger partial charge is 0.312 e. The molecule has 6 heteroatoms. The van der Waals surface area contributed by atoms with Gasteiger partial charge in [0.1, 0.15) is 0 Å². The van der Waals surface area contributed by atoms with Gasteiger partial charge in [-0.25, -0.2) is 13.4 Å². The van der Waals surface area contributed by atoms with Crippen LogP contribution in [0.2, 0.25) is 0 Å². The molecule has 18 heavy (non-hydrogen) atoms. The molecule has 1 N–H and O–H groups in total. The summed E-state index contributed by atoms with van der Waals surface area (Å²) >= 11 is 1.57. The third-order valence-electron chi connectivity index (χ3n) is 3.56. The summed E-state index contributed by atoms with van der Waals surface area (Å²) in [7, 11) is -0.989. The Bertz CT molecular complexity index is 496. The summed E-state index contributed by atoms with van der Waals surface area (Å²) in [5, 5.41) is 5.89. The fraction of sp³-hybridized carbons (Fsp3) is 0.750. The van der Waals surface area contributed by atoms with Gasteiger partial charge < -0.3 is 5.32 Å². The predicted octanol–water partition coefficient (Wildman–Crippen LogP) is 1.93. The highest BCUT2D eigenvalue weighted by molar-refractivity contribution is 7.92. The quantitative estimate of drug-likeness (QED) is 0.920. The van der Waals surface area contributed by atoms with E-state index in [9.17, 15) is 8.42 Å². The Balaban J connectivity index is 2.07. The molecule has 0 spiro atoms. The Morgan fingerprint density at radius 1 is 1.56 bits per heavy atom. The molecule has 2 heterocycles. The van der Waals surface area contributed by atoms with E-state index < -0.39 is 9.84 Å². The van der Waals surface area contributed by atoms with E-state index in [1.807, 2.05) is 12.4 Å². The lowest BCUT2D eigenvalue weighted by atomic mass is 10.1. The second kappa shape index (κ2) is 5.67. The average Bonchev–Trinajstić information content (AvgIpc) is 2.79. The van der Waals surface area contributed by atoms with Crippen molar-refractivity contribution >= 4 is 21.2 Å². The third-order valence-corrected chi connectivity index (χ3v) is 6.73. The molecule has 102 valence electrons. The van der Waals surface area contributed by atoms with Crippen LogP contribution < -0.4 is 5.32 Å². The van der Waals surface area contributed by atoms with Crippen LogP contribution in [0.15, 0.2) is 5.38 Å². The van der Waals surface area contributed by atoms with E-state index in [0.717, 1.165) is 30.0 Å². The normalized spacial score (nSPS) is 24.9. The van der Waals surface area contributed by atoms with Crippen molar-refractivity contribution in [3.8, 4) is 0 Å². The van der Waals surface area contributed by atoms with Crippen molar-refractivity contribution in [3.05, 3.63) is 16.1 Å². The molecule has 0 amide bonds. The van der Waals surface area contributed by atoms with Gasteiger partial charge in [0.15, 0.2) is 9.84 Å². The maximum Gasteiger partial charge on any atom is 0.153 e. The maximum absolute atomic E-state index is 11.9. The van der Waals surface area contributed by atoms with E-state index in [4.69, 9.17) is 0 Å². The first-order valence-electron chi connectivity index (χ1n) is 6.36. The summed E-state index contributed by atoms with van der Waals surface area (Å²) in [6, 6.07) is 0.220. The Hall–Kier alpha value is -0.460. The van der Waals surface area contributed by atoms with Crippen molar-refractivity contribution in [1.29, 1.82) is 0 Å². The molecular weight excluding hydrogens is 268 g/mol. The Kier molecular flexibility index (Phi) is 4.40. The van der Waals surface area contributed by atoms with Gasteiger partial charge in [-0.2, -0.15) is 0 Å². The van der Waals surface area contributed by atoms with Crippen LogP contribution in [0.25, 0.3) is 0 Å². The topological polar surface area (TPSA) is 59.1 Å². The minimum absolute atomic E-state index is 0.213. The van der Waals surface area contributed by atoms with Gasteiger partial charge in [-0.05, 0) is 26.8 Å². The second-order valence-electron chi connectivity index (χ2n) is 4.87. The van der Waals surface area contributed by atoms with Gasteiger partial charge in [0, 0.05) is 17.8 Å². The van der Waals surface area contributed by atoms with Crippen molar-refractivity contribution in [2.75, 3.05) is 12.8 Å². The van der Waals surface area contributed by atoms with Crippen molar-refractivity contribution in [2.24, 2.45) is 0 Å². The third kappa shape index (κ3) is 3.10. The summed E-state index contributed by atoms with van der Waals surface area (Å²) in [6.45, 7) is 2.05. The van der Waals surface area contributed by atoms with Crippen LogP contribution in [-0.2, 0) is 16.3 Å². The molecule has 1 aliphatic rings. The van der Waals surface area contributed by atoms with Gasteiger partial charge in [-0.1, -0.05) is 6.42 Å². The van der Waals surface area contributed by atoms with Crippen LogP contribution in [0.1, 0.15) is 42.9 Å². The van der Waals surface area contributed by atoms with E-state index in [-0.39, 0.29) is 11.3 Å². The highest BCUT2D eigenvalue weighted by Gasteiger charge is 2.29. The zero-order valence-electron chi connectivity index (χ0n) is 10.8. The number of thiazole rings is 1. The molecule has 1 aromatic rings. The molecule has 1 fully saturated rings. The Labute approximate surface area is 113 Å². The van der Waals surface area contributed by atoms with Gasteiger partial charge >= 0.3 is 0 Å². The molecule has 4 nitrogen and oxygen atoms in total. The number of nitrogens with one attached hydrogen (secondary N) is 1. The van der Waals surface area contributed by atoms with E-state index in [2.05, 4.69) is 17.2 Å². The van der Waals surface area contributed by atoms with Crippen LogP contribution >= 0.6 is 11.3 Å². The van der Waals surface area contributed by atoms with Crippen molar-refractivity contribution in [2.45, 2.75) is 43.9 Å². The van der Waals surface area contributed by atoms with Crippen LogP contribution in [0.5, 0.6) is 0 Å². The summed E-state index contributed by atoms with van der Waals surface area (Å²) in [4.78, 5) is 4.53. The number of hydrogen-bond donors (Lipinski definition) is 1. The van der Waals surface area contributed by atoms with Crippen molar-refractivity contribution < 1.29 is 8.42 Å². The molecule has 1 aliphatic heterocycles. The maximum atomic E-state index is 11.9. The fourth-order valence-electron chi connectivity index (χ4n) is 2.21. The monoisotopic (exact) mass is 288 g/mol. The molecule has 2 atom stereocenters. The van der Waals surface area contributed by atoms with Crippen molar-refractivity contribution in [3.63, 3.8) is 0 Å². The molecule has 2 unspecified atom stereocenters. The number of rotatable bonds is 4. The van der Waals surface area contributed by atoms with Gasteiger partial charge in [-0.15, -0.1) is 11.3 Å². The molecule has 0 aromatic carbocycles. The first kappa shape index (κ1) is 14.0. The first-order valence-corrected chi connectivity index (χ1v) is 8.95. The fourth-order valence-corrected chi connectivity index (χ4v) is 5.16. The summed E-state index contributed by atoms with van der Waals surface area (Å²) in [5.41, 5.74) is 1.01. The molecule has 1 saturated heterocycles. The molecular formula is C12H20N2O2S2. The zero-order valence-corrected chi connectivity index (χ0v) is 12.5. The molecule has 0 saturated carbocycles. The number of aromatic nitrogens is 1. The number of hydrogen-bond acceptors (Lipinski definition) is 5. The van der Waals surface area contributed by atoms with Gasteiger partial charge in [0.2, 0.25) is 0 Å². The van der Waals surface area contributed by atoms with Crippen LogP contribution in [0.4, 0.5) is 0 Å². The summed E-state index contributed by atoms with van der Waals surface area (Å²) in [5.74, 6) is 0.350. The SMILES string of the molecule is CNC(C)c1csc(CC2CCCCS2(=O)=O)n1. The molecule has 0 aliphatic carbocycles. The average molecular weight is 288 g/mol. The minimum atomic E-state index is -2.89. The number of sulfone groups is 1. The van der Waals surface area contributed by atoms with E-state index in [1.54, 1.807) is 11.3 Å². The highest BCUT2D eigenvalue weighted by atomic mass is 32.2. The van der Waals surface area contributed by atoms with Gasteiger partial charge in [-0.3, -0.25) is 0 Å². The van der Waals surface area contributed by atoms with E-state index in [1.165, 1.54) is 0 Å². The van der Waals surface area contributed by atoms with Gasteiger partial charge in [0.25, 0.3) is 0 Å². The zero-order chi connectivity index (χ0) is 13.2. The molecule has 1 aromatic heterocycles. The molecule has 0 bridgehead atoms.